The smallest absolute Gasteiger partial charge is 0.383 e. The lowest BCUT2D eigenvalue weighted by atomic mass is 10.1. The molecule has 1 heterocycles. The Morgan fingerprint density at radius 1 is 1.38 bits per heavy atom. The topological polar surface area (TPSA) is 62.7 Å². The Balaban J connectivity index is 3.45. The Hall–Kier alpha value is -1.91. The van der Waals surface area contributed by atoms with Gasteiger partial charge in [0.25, 0.3) is 6.43 Å². The molecule has 0 spiro atoms. The van der Waals surface area contributed by atoms with Gasteiger partial charge in [-0.15, -0.1) is 0 Å². The number of nitrogens with zero attached hydrogens (tertiary/aromatic N) is 2. The van der Waals surface area contributed by atoms with E-state index in [9.17, 15) is 22.0 Å². The average molecular weight is 237 g/mol. The third-order valence-electron chi connectivity index (χ3n) is 1.71. The minimum absolute atomic E-state index is 0.268. The molecule has 8 heteroatoms. The Bertz CT molecular complexity index is 446. The number of rotatable bonds is 1. The first-order valence-corrected chi connectivity index (χ1v) is 3.83. The Labute approximate surface area is 86.3 Å². The van der Waals surface area contributed by atoms with Crippen molar-refractivity contribution in [2.45, 2.75) is 12.6 Å². The molecule has 0 fully saturated rings. The molecule has 86 valence electrons. The van der Waals surface area contributed by atoms with E-state index in [1.807, 2.05) is 0 Å². The van der Waals surface area contributed by atoms with E-state index in [0.29, 0.717) is 0 Å². The van der Waals surface area contributed by atoms with Gasteiger partial charge in [-0.05, 0) is 6.07 Å². The van der Waals surface area contributed by atoms with Gasteiger partial charge in [0.15, 0.2) is 0 Å². The van der Waals surface area contributed by atoms with Gasteiger partial charge in [-0.1, -0.05) is 0 Å². The number of halogens is 5. The van der Waals surface area contributed by atoms with Crippen LogP contribution in [0.5, 0.6) is 0 Å². The molecule has 0 radical (unpaired) electrons. The number of aromatic nitrogens is 1. The summed E-state index contributed by atoms with van der Waals surface area (Å²) in [5.74, 6) is -1.07. The zero-order valence-electron chi connectivity index (χ0n) is 7.52. The molecule has 0 saturated carbocycles. The zero-order valence-corrected chi connectivity index (χ0v) is 7.52. The van der Waals surface area contributed by atoms with Crippen LogP contribution < -0.4 is 5.73 Å². The molecule has 0 aliphatic rings. The molecule has 0 aliphatic heterocycles. The van der Waals surface area contributed by atoms with Gasteiger partial charge in [-0.2, -0.15) is 18.4 Å². The fourth-order valence-corrected chi connectivity index (χ4v) is 1.03. The molecule has 0 aromatic carbocycles. The second-order valence-corrected chi connectivity index (χ2v) is 2.76. The normalized spacial score (nSPS) is 11.6. The average Bonchev–Trinajstić information content (AvgIpc) is 2.15. The molecule has 1 aromatic rings. The Kier molecular flexibility index (Phi) is 2.98. The van der Waals surface area contributed by atoms with E-state index in [-0.39, 0.29) is 6.07 Å². The van der Waals surface area contributed by atoms with Crippen molar-refractivity contribution in [1.82, 2.24) is 4.98 Å². The summed E-state index contributed by atoms with van der Waals surface area (Å²) >= 11 is 0. The molecule has 0 unspecified atom stereocenters. The summed E-state index contributed by atoms with van der Waals surface area (Å²) in [5.41, 5.74) is 1.62. The SMILES string of the molecule is N#Cc1cc(C(F)(F)F)c(N)nc1C(F)F. The molecule has 16 heavy (non-hydrogen) atoms. The standard InChI is InChI=1S/C8H4F5N3/c9-6(10)5-3(2-14)1-4(7(15)16-5)8(11,12)13/h1,6H,(H2,15,16). The van der Waals surface area contributed by atoms with Crippen LogP contribution in [-0.2, 0) is 6.18 Å². The van der Waals surface area contributed by atoms with E-state index in [1.54, 1.807) is 0 Å². The van der Waals surface area contributed by atoms with E-state index in [1.165, 1.54) is 6.07 Å². The predicted molar refractivity (Wildman–Crippen MR) is 43.3 cm³/mol. The second-order valence-electron chi connectivity index (χ2n) is 2.76. The number of anilines is 1. The maximum Gasteiger partial charge on any atom is 0.419 e. The number of hydrogen-bond donors (Lipinski definition) is 1. The molecule has 0 amide bonds. The van der Waals surface area contributed by atoms with Crippen molar-refractivity contribution in [2.24, 2.45) is 0 Å². The van der Waals surface area contributed by atoms with Crippen molar-refractivity contribution in [3.63, 3.8) is 0 Å². The summed E-state index contributed by atoms with van der Waals surface area (Å²) in [6, 6.07) is 1.49. The van der Waals surface area contributed by atoms with Crippen molar-refractivity contribution in [3.05, 3.63) is 22.9 Å². The Morgan fingerprint density at radius 3 is 2.31 bits per heavy atom. The van der Waals surface area contributed by atoms with Crippen LogP contribution >= 0.6 is 0 Å². The molecule has 2 N–H and O–H groups in total. The first-order chi connectivity index (χ1) is 7.27. The lowest BCUT2D eigenvalue weighted by molar-refractivity contribution is -0.137. The van der Waals surface area contributed by atoms with Gasteiger partial charge in [0.2, 0.25) is 0 Å². The number of pyridine rings is 1. The van der Waals surface area contributed by atoms with E-state index in [2.05, 4.69) is 4.98 Å². The minimum Gasteiger partial charge on any atom is -0.383 e. The molecular formula is C8H4F5N3. The molecule has 0 saturated heterocycles. The maximum absolute atomic E-state index is 12.3. The Morgan fingerprint density at radius 2 is 1.94 bits per heavy atom. The van der Waals surface area contributed by atoms with Crippen LogP contribution in [-0.4, -0.2) is 4.98 Å². The highest BCUT2D eigenvalue weighted by atomic mass is 19.4. The number of nitrogen functional groups attached to an aromatic ring is 1. The van der Waals surface area contributed by atoms with Crippen molar-refractivity contribution in [3.8, 4) is 6.07 Å². The van der Waals surface area contributed by atoms with Gasteiger partial charge in [0.1, 0.15) is 17.6 Å². The number of hydrogen-bond acceptors (Lipinski definition) is 3. The van der Waals surface area contributed by atoms with Crippen LogP contribution in [0.15, 0.2) is 6.07 Å². The number of alkyl halides is 5. The summed E-state index contributed by atoms with van der Waals surface area (Å²) in [6.45, 7) is 0. The predicted octanol–water partition coefficient (Wildman–Crippen LogP) is 2.49. The van der Waals surface area contributed by atoms with Gasteiger partial charge >= 0.3 is 6.18 Å². The van der Waals surface area contributed by atoms with Crippen LogP contribution in [0.25, 0.3) is 0 Å². The zero-order chi connectivity index (χ0) is 12.5. The summed E-state index contributed by atoms with van der Waals surface area (Å²) in [5, 5.41) is 8.42. The van der Waals surface area contributed by atoms with E-state index < -0.39 is 35.2 Å². The lowest BCUT2D eigenvalue weighted by Gasteiger charge is -2.11. The lowest BCUT2D eigenvalue weighted by Crippen LogP contribution is -2.13. The largest absolute Gasteiger partial charge is 0.419 e. The second kappa shape index (κ2) is 3.92. The third-order valence-corrected chi connectivity index (χ3v) is 1.71. The van der Waals surface area contributed by atoms with E-state index in [4.69, 9.17) is 11.0 Å². The summed E-state index contributed by atoms with van der Waals surface area (Å²) in [7, 11) is 0. The van der Waals surface area contributed by atoms with Gasteiger partial charge in [0.05, 0.1) is 11.1 Å². The van der Waals surface area contributed by atoms with Crippen molar-refractivity contribution in [1.29, 1.82) is 5.26 Å². The molecule has 1 aromatic heterocycles. The van der Waals surface area contributed by atoms with Gasteiger partial charge < -0.3 is 5.73 Å². The monoisotopic (exact) mass is 237 g/mol. The highest BCUT2D eigenvalue weighted by Crippen LogP contribution is 2.35. The maximum atomic E-state index is 12.3. The van der Waals surface area contributed by atoms with Gasteiger partial charge in [-0.25, -0.2) is 13.8 Å². The van der Waals surface area contributed by atoms with Crippen molar-refractivity contribution in [2.75, 3.05) is 5.73 Å². The number of nitriles is 1. The van der Waals surface area contributed by atoms with Crippen LogP contribution in [0.1, 0.15) is 23.2 Å². The fraction of sp³-hybridized carbons (Fsp3) is 0.250. The summed E-state index contributed by atoms with van der Waals surface area (Å²) in [4.78, 5) is 2.90. The molecule has 0 aliphatic carbocycles. The third kappa shape index (κ3) is 2.18. The van der Waals surface area contributed by atoms with Crippen LogP contribution in [0.2, 0.25) is 0 Å². The summed E-state index contributed by atoms with van der Waals surface area (Å²) < 4.78 is 61.4. The van der Waals surface area contributed by atoms with E-state index in [0.717, 1.165) is 0 Å². The van der Waals surface area contributed by atoms with Crippen LogP contribution in [0.3, 0.4) is 0 Å². The van der Waals surface area contributed by atoms with Gasteiger partial charge in [-0.3, -0.25) is 0 Å². The summed E-state index contributed by atoms with van der Waals surface area (Å²) in [6.07, 6.45) is -7.98. The number of nitrogens with two attached hydrogens (primary N) is 1. The molecule has 0 bridgehead atoms. The minimum atomic E-state index is -4.83. The van der Waals surface area contributed by atoms with E-state index >= 15 is 0 Å². The van der Waals surface area contributed by atoms with Crippen molar-refractivity contribution >= 4 is 5.82 Å². The quantitative estimate of drug-likeness (QED) is 0.763. The molecule has 0 atom stereocenters. The first-order valence-electron chi connectivity index (χ1n) is 3.83. The highest BCUT2D eigenvalue weighted by Gasteiger charge is 2.35. The van der Waals surface area contributed by atoms with Crippen LogP contribution in [0.4, 0.5) is 27.8 Å². The van der Waals surface area contributed by atoms with Crippen LogP contribution in [0, 0.1) is 11.3 Å². The van der Waals surface area contributed by atoms with Gasteiger partial charge in [0, 0.05) is 0 Å². The fourth-order valence-electron chi connectivity index (χ4n) is 1.03. The molecule has 3 nitrogen and oxygen atoms in total. The first kappa shape index (κ1) is 12.2. The highest BCUT2D eigenvalue weighted by molar-refractivity contribution is 5.49. The molecular weight excluding hydrogens is 233 g/mol. The molecule has 1 rings (SSSR count). The van der Waals surface area contributed by atoms with Crippen molar-refractivity contribution < 1.29 is 22.0 Å².